The summed E-state index contributed by atoms with van der Waals surface area (Å²) in [6, 6.07) is 4.69. The summed E-state index contributed by atoms with van der Waals surface area (Å²) in [5.41, 5.74) is -0.142. The summed E-state index contributed by atoms with van der Waals surface area (Å²) in [6.07, 6.45) is 2.71. The van der Waals surface area contributed by atoms with Crippen LogP contribution in [0.25, 0.3) is 0 Å². The summed E-state index contributed by atoms with van der Waals surface area (Å²) in [7, 11) is -3.53. The van der Waals surface area contributed by atoms with E-state index in [4.69, 9.17) is 0 Å². The number of Topliss-reactive ketones (excluding diaryl/α,β-unsaturated/α-hetero) is 1. The monoisotopic (exact) mass is 340 g/mol. The summed E-state index contributed by atoms with van der Waals surface area (Å²) >= 11 is 0. The van der Waals surface area contributed by atoms with Crippen molar-refractivity contribution < 1.29 is 18.1 Å². The number of non-ortho nitro benzene ring substituents is 1. The average molecular weight is 340 g/mol. The Balaban J connectivity index is 2.05. The van der Waals surface area contributed by atoms with Crippen LogP contribution < -0.4 is 0 Å². The number of hydrogen-bond donors (Lipinski definition) is 0. The molecule has 23 heavy (non-hydrogen) atoms. The van der Waals surface area contributed by atoms with E-state index in [-0.39, 0.29) is 28.2 Å². The molecule has 1 atom stereocenters. The maximum atomic E-state index is 12.4. The fourth-order valence-corrected chi connectivity index (χ4v) is 4.11. The minimum absolute atomic E-state index is 0.0671. The molecular formula is C15H20N2O5S. The van der Waals surface area contributed by atoms with Gasteiger partial charge in [0.25, 0.3) is 5.69 Å². The Morgan fingerprint density at radius 2 is 1.96 bits per heavy atom. The third-order valence-corrected chi connectivity index (χ3v) is 5.85. The first-order valence-corrected chi connectivity index (χ1v) is 9.18. The summed E-state index contributed by atoms with van der Waals surface area (Å²) in [4.78, 5) is 23.7. The third-order valence-electron chi connectivity index (χ3n) is 4.14. The van der Waals surface area contributed by atoms with Crippen molar-refractivity contribution >= 4 is 21.3 Å². The van der Waals surface area contributed by atoms with Crippen molar-refractivity contribution in [3.05, 3.63) is 34.4 Å². The van der Waals surface area contributed by atoms with E-state index < -0.39 is 14.8 Å². The number of rotatable bonds is 6. The number of likely N-dealkylation sites (tertiary alicyclic amines) is 1. The van der Waals surface area contributed by atoms with Crippen molar-refractivity contribution in [2.75, 3.05) is 18.8 Å². The van der Waals surface area contributed by atoms with Crippen LogP contribution in [0.3, 0.4) is 0 Å². The topological polar surface area (TPSA) is 97.6 Å². The lowest BCUT2D eigenvalue weighted by Gasteiger charge is -2.33. The fraction of sp³-hybridized carbons (Fsp3) is 0.533. The zero-order valence-electron chi connectivity index (χ0n) is 13.0. The minimum atomic E-state index is -3.53. The normalized spacial score (nSPS) is 19.4. The van der Waals surface area contributed by atoms with Crippen molar-refractivity contribution in [3.63, 3.8) is 0 Å². The lowest BCUT2D eigenvalue weighted by atomic mass is 9.99. The maximum absolute atomic E-state index is 12.4. The minimum Gasteiger partial charge on any atom is -0.298 e. The number of nitro benzene ring substituents is 1. The standard InChI is InChI=1S/C15H20N2O5S/c1-12(18)15-4-2-3-9-16(15)10-11-23(21,22)14-7-5-13(6-8-14)17(19)20/h5-8,15H,2-4,9-11H2,1H3/t15-/m0/s1. The second-order valence-electron chi connectivity index (χ2n) is 5.73. The number of benzene rings is 1. The molecule has 126 valence electrons. The van der Waals surface area contributed by atoms with E-state index in [1.165, 1.54) is 31.2 Å². The molecule has 1 aromatic carbocycles. The third kappa shape index (κ3) is 4.35. The first-order chi connectivity index (χ1) is 10.8. The van der Waals surface area contributed by atoms with Crippen LogP contribution in [0.4, 0.5) is 5.69 Å². The van der Waals surface area contributed by atoms with Crippen LogP contribution in [-0.4, -0.2) is 48.9 Å². The quantitative estimate of drug-likeness (QED) is 0.579. The number of carbonyl (C=O) groups excluding carboxylic acids is 1. The largest absolute Gasteiger partial charge is 0.298 e. The van der Waals surface area contributed by atoms with Gasteiger partial charge in [0.2, 0.25) is 0 Å². The maximum Gasteiger partial charge on any atom is 0.269 e. The van der Waals surface area contributed by atoms with E-state index in [1.54, 1.807) is 0 Å². The number of nitrogens with zero attached hydrogens (tertiary/aromatic N) is 2. The summed E-state index contributed by atoms with van der Waals surface area (Å²) in [5, 5.41) is 10.6. The van der Waals surface area contributed by atoms with Gasteiger partial charge in [-0.3, -0.25) is 19.8 Å². The highest BCUT2D eigenvalue weighted by Gasteiger charge is 2.27. The lowest BCUT2D eigenvalue weighted by Crippen LogP contribution is -2.45. The molecule has 1 aliphatic heterocycles. The number of nitro groups is 1. The molecule has 0 N–H and O–H groups in total. The van der Waals surface area contributed by atoms with Gasteiger partial charge in [0.1, 0.15) is 5.78 Å². The van der Waals surface area contributed by atoms with Gasteiger partial charge in [0, 0.05) is 18.7 Å². The van der Waals surface area contributed by atoms with Crippen molar-refractivity contribution in [2.24, 2.45) is 0 Å². The number of ketones is 1. The molecule has 0 bridgehead atoms. The molecule has 1 aromatic rings. The molecule has 0 aromatic heterocycles. The predicted octanol–water partition coefficient (Wildman–Crippen LogP) is 1.81. The summed E-state index contributed by atoms with van der Waals surface area (Å²) in [6.45, 7) is 2.55. The van der Waals surface area contributed by atoms with E-state index in [0.717, 1.165) is 25.8 Å². The van der Waals surface area contributed by atoms with Crippen molar-refractivity contribution in [1.82, 2.24) is 4.90 Å². The fourth-order valence-electron chi connectivity index (χ4n) is 2.85. The zero-order chi connectivity index (χ0) is 17.0. The van der Waals surface area contributed by atoms with Gasteiger partial charge in [-0.15, -0.1) is 0 Å². The average Bonchev–Trinajstić information content (AvgIpc) is 2.53. The second kappa shape index (κ2) is 7.18. The Morgan fingerprint density at radius 3 is 2.52 bits per heavy atom. The van der Waals surface area contributed by atoms with Gasteiger partial charge in [0.15, 0.2) is 9.84 Å². The molecule has 0 amide bonds. The number of carbonyl (C=O) groups is 1. The first-order valence-electron chi connectivity index (χ1n) is 7.53. The van der Waals surface area contributed by atoms with Gasteiger partial charge in [0.05, 0.1) is 21.6 Å². The van der Waals surface area contributed by atoms with Crippen LogP contribution in [0.2, 0.25) is 0 Å². The molecule has 2 rings (SSSR count). The van der Waals surface area contributed by atoms with Crippen molar-refractivity contribution in [2.45, 2.75) is 37.1 Å². The Hall–Kier alpha value is -1.80. The molecule has 1 aliphatic rings. The molecule has 0 saturated carbocycles. The number of hydrogen-bond acceptors (Lipinski definition) is 6. The molecule has 0 radical (unpaired) electrons. The van der Waals surface area contributed by atoms with E-state index >= 15 is 0 Å². The Bertz CT molecular complexity index is 684. The van der Waals surface area contributed by atoms with Crippen LogP contribution >= 0.6 is 0 Å². The summed E-state index contributed by atoms with van der Waals surface area (Å²) < 4.78 is 24.7. The molecule has 0 spiro atoms. The first kappa shape index (κ1) is 17.6. The zero-order valence-corrected chi connectivity index (χ0v) is 13.8. The Morgan fingerprint density at radius 1 is 1.30 bits per heavy atom. The van der Waals surface area contributed by atoms with Crippen LogP contribution in [0.15, 0.2) is 29.2 Å². The van der Waals surface area contributed by atoms with E-state index in [0.29, 0.717) is 6.54 Å². The highest BCUT2D eigenvalue weighted by Crippen LogP contribution is 2.20. The molecule has 1 fully saturated rings. The number of sulfone groups is 1. The highest BCUT2D eigenvalue weighted by molar-refractivity contribution is 7.91. The Kier molecular flexibility index (Phi) is 5.48. The van der Waals surface area contributed by atoms with Crippen LogP contribution in [0.5, 0.6) is 0 Å². The summed E-state index contributed by atoms with van der Waals surface area (Å²) in [5.74, 6) is -0.0355. The molecule has 1 heterocycles. The molecular weight excluding hydrogens is 320 g/mol. The van der Waals surface area contributed by atoms with E-state index in [1.807, 2.05) is 4.90 Å². The van der Waals surface area contributed by atoms with Crippen molar-refractivity contribution in [1.29, 1.82) is 0 Å². The van der Waals surface area contributed by atoms with Crippen molar-refractivity contribution in [3.8, 4) is 0 Å². The number of piperidine rings is 1. The van der Waals surface area contributed by atoms with E-state index in [2.05, 4.69) is 0 Å². The SMILES string of the molecule is CC(=O)[C@@H]1CCCCN1CCS(=O)(=O)c1ccc([N+](=O)[O-])cc1. The lowest BCUT2D eigenvalue weighted by molar-refractivity contribution is -0.384. The second-order valence-corrected chi connectivity index (χ2v) is 7.84. The van der Waals surface area contributed by atoms with Gasteiger partial charge in [-0.1, -0.05) is 6.42 Å². The van der Waals surface area contributed by atoms with Gasteiger partial charge in [-0.2, -0.15) is 0 Å². The molecule has 8 heteroatoms. The van der Waals surface area contributed by atoms with Crippen LogP contribution in [0.1, 0.15) is 26.2 Å². The molecule has 0 aliphatic carbocycles. The smallest absolute Gasteiger partial charge is 0.269 e. The van der Waals surface area contributed by atoms with Gasteiger partial charge >= 0.3 is 0 Å². The molecule has 1 saturated heterocycles. The van der Waals surface area contributed by atoms with Gasteiger partial charge < -0.3 is 0 Å². The van der Waals surface area contributed by atoms with Crippen LogP contribution in [0, 0.1) is 10.1 Å². The van der Waals surface area contributed by atoms with Gasteiger partial charge in [-0.25, -0.2) is 8.42 Å². The predicted molar refractivity (Wildman–Crippen MR) is 85.0 cm³/mol. The van der Waals surface area contributed by atoms with Crippen LogP contribution in [-0.2, 0) is 14.6 Å². The molecule has 7 nitrogen and oxygen atoms in total. The van der Waals surface area contributed by atoms with Gasteiger partial charge in [-0.05, 0) is 38.4 Å². The Labute approximate surface area is 135 Å². The highest BCUT2D eigenvalue weighted by atomic mass is 32.2. The molecule has 0 unspecified atom stereocenters. The van der Waals surface area contributed by atoms with E-state index in [9.17, 15) is 23.3 Å².